The van der Waals surface area contributed by atoms with Crippen LogP contribution in [0.4, 0.5) is 11.4 Å². The Bertz CT molecular complexity index is 1520. The lowest BCUT2D eigenvalue weighted by molar-refractivity contribution is -0.137. The van der Waals surface area contributed by atoms with Gasteiger partial charge in [0.15, 0.2) is 5.78 Å². The lowest BCUT2D eigenvalue weighted by Crippen LogP contribution is -2.62. The van der Waals surface area contributed by atoms with E-state index in [1.807, 2.05) is 36.4 Å². The van der Waals surface area contributed by atoms with Crippen molar-refractivity contribution in [3.8, 4) is 5.75 Å². The Morgan fingerprint density at radius 1 is 0.974 bits per heavy atom. The number of hydrogen-bond donors (Lipinski definition) is 2. The normalized spacial score (nSPS) is 28.8. The summed E-state index contributed by atoms with van der Waals surface area (Å²) in [6.45, 7) is 2.72. The second-order valence-electron chi connectivity index (χ2n) is 10.7. The number of para-hydroxylation sites is 1. The molecule has 0 bridgehead atoms. The van der Waals surface area contributed by atoms with Crippen LogP contribution in [0.3, 0.4) is 0 Å². The number of carbonyl (C=O) groups is 3. The van der Waals surface area contributed by atoms with Gasteiger partial charge in [0.1, 0.15) is 16.7 Å². The molecule has 2 saturated heterocycles. The second-order valence-corrected chi connectivity index (χ2v) is 10.7. The van der Waals surface area contributed by atoms with Crippen LogP contribution < -0.4 is 15.4 Å². The van der Waals surface area contributed by atoms with Crippen LogP contribution in [0.5, 0.6) is 5.75 Å². The Kier molecular flexibility index (Phi) is 4.89. The summed E-state index contributed by atoms with van der Waals surface area (Å²) in [5, 5.41) is 6.21. The van der Waals surface area contributed by atoms with Crippen LogP contribution in [0, 0.1) is 5.92 Å². The molecule has 2 N–H and O–H groups in total. The van der Waals surface area contributed by atoms with Crippen molar-refractivity contribution in [2.24, 2.45) is 5.92 Å². The SMILES string of the molecule is CCc1ccc2c(c1)[C@]1(C(=O)N2)N2CCC[C@@H]2[C@@H](C(=O)c2ccc(OC)cc2)[C@@]12C(=O)Nc1ccccc12. The van der Waals surface area contributed by atoms with Gasteiger partial charge in [-0.25, -0.2) is 0 Å². The van der Waals surface area contributed by atoms with E-state index in [0.29, 0.717) is 29.2 Å². The molecule has 0 radical (unpaired) electrons. The van der Waals surface area contributed by atoms with Crippen LogP contribution in [0.25, 0.3) is 0 Å². The van der Waals surface area contributed by atoms with Crippen molar-refractivity contribution in [2.45, 2.75) is 43.2 Å². The first-order valence-corrected chi connectivity index (χ1v) is 13.3. The van der Waals surface area contributed by atoms with Gasteiger partial charge in [0.25, 0.3) is 5.91 Å². The Hall–Kier alpha value is -3.97. The molecular formula is C31H29N3O4. The monoisotopic (exact) mass is 507 g/mol. The number of fused-ring (bicyclic) bond motifs is 7. The fourth-order valence-corrected chi connectivity index (χ4v) is 7.78. The molecule has 7 heteroatoms. The van der Waals surface area contributed by atoms with Crippen LogP contribution in [-0.4, -0.2) is 42.2 Å². The van der Waals surface area contributed by atoms with Gasteiger partial charge in [0.05, 0.1) is 13.0 Å². The molecule has 7 nitrogen and oxygen atoms in total. The van der Waals surface area contributed by atoms with Gasteiger partial charge in [-0.3, -0.25) is 19.3 Å². The maximum atomic E-state index is 14.6. The van der Waals surface area contributed by atoms with Crippen molar-refractivity contribution in [3.05, 3.63) is 89.0 Å². The summed E-state index contributed by atoms with van der Waals surface area (Å²) in [6.07, 6.45) is 2.39. The molecule has 192 valence electrons. The topological polar surface area (TPSA) is 87.7 Å². The molecule has 4 aliphatic heterocycles. The molecule has 4 aliphatic rings. The van der Waals surface area contributed by atoms with Crippen molar-refractivity contribution in [3.63, 3.8) is 0 Å². The molecule has 2 fully saturated rings. The number of aryl methyl sites for hydroxylation is 1. The lowest BCUT2D eigenvalue weighted by Gasteiger charge is -2.43. The number of amides is 2. The van der Waals surface area contributed by atoms with Gasteiger partial charge in [-0.2, -0.15) is 0 Å². The molecule has 0 aliphatic carbocycles. The smallest absolute Gasteiger partial charge is 0.251 e. The predicted molar refractivity (Wildman–Crippen MR) is 143 cm³/mol. The van der Waals surface area contributed by atoms with Gasteiger partial charge >= 0.3 is 0 Å². The van der Waals surface area contributed by atoms with Crippen molar-refractivity contribution in [2.75, 3.05) is 24.3 Å². The predicted octanol–water partition coefficient (Wildman–Crippen LogP) is 4.27. The van der Waals surface area contributed by atoms with Gasteiger partial charge in [-0.05, 0) is 73.3 Å². The third-order valence-corrected chi connectivity index (χ3v) is 9.23. The minimum atomic E-state index is -1.42. The summed E-state index contributed by atoms with van der Waals surface area (Å²) < 4.78 is 5.32. The first-order chi connectivity index (χ1) is 18.5. The number of benzene rings is 3. The third-order valence-electron chi connectivity index (χ3n) is 9.23. The molecule has 0 unspecified atom stereocenters. The van der Waals surface area contributed by atoms with Gasteiger partial charge in [-0.1, -0.05) is 37.3 Å². The average molecular weight is 508 g/mol. The van der Waals surface area contributed by atoms with E-state index in [-0.39, 0.29) is 23.6 Å². The van der Waals surface area contributed by atoms with Crippen molar-refractivity contribution >= 4 is 29.0 Å². The summed E-state index contributed by atoms with van der Waals surface area (Å²) in [7, 11) is 1.59. The first-order valence-electron chi connectivity index (χ1n) is 13.3. The van der Waals surface area contributed by atoms with Crippen LogP contribution in [-0.2, 0) is 27.0 Å². The molecule has 4 heterocycles. The van der Waals surface area contributed by atoms with Crippen molar-refractivity contribution in [1.82, 2.24) is 4.90 Å². The van der Waals surface area contributed by atoms with E-state index in [2.05, 4.69) is 28.5 Å². The number of methoxy groups -OCH3 is 1. The minimum absolute atomic E-state index is 0.124. The molecule has 2 amide bonds. The minimum Gasteiger partial charge on any atom is -0.497 e. The molecule has 2 spiro atoms. The lowest BCUT2D eigenvalue weighted by atomic mass is 9.57. The summed E-state index contributed by atoms with van der Waals surface area (Å²) in [5.74, 6) is -0.735. The summed E-state index contributed by atoms with van der Waals surface area (Å²) in [6, 6.07) is 20.4. The Labute approximate surface area is 221 Å². The highest BCUT2D eigenvalue weighted by Gasteiger charge is 2.81. The zero-order chi connectivity index (χ0) is 26.2. The Balaban J connectivity index is 1.56. The maximum Gasteiger partial charge on any atom is 0.251 e. The van der Waals surface area contributed by atoms with Crippen LogP contribution in [0.15, 0.2) is 66.7 Å². The molecule has 0 aromatic heterocycles. The highest BCUT2D eigenvalue weighted by Crippen LogP contribution is 2.67. The fourth-order valence-electron chi connectivity index (χ4n) is 7.78. The standard InChI is InChI=1S/C31H29N3O4/c1-3-18-10-15-24-22(17-18)31(29(37)33-24)30(21-7-4-5-8-23(21)32-28(30)36)26(25-9-6-16-34(25)31)27(35)19-11-13-20(38-2)14-12-19/h4-5,7-8,10-15,17,25-26H,3,6,9,16H2,1-2H3,(H,32,36)(H,33,37)/t25-,26+,30+,31-/m1/s1. The Morgan fingerprint density at radius 3 is 2.47 bits per heavy atom. The van der Waals surface area contributed by atoms with Crippen LogP contribution in [0.2, 0.25) is 0 Å². The van der Waals surface area contributed by atoms with E-state index in [4.69, 9.17) is 4.74 Å². The molecular weight excluding hydrogens is 478 g/mol. The quantitative estimate of drug-likeness (QED) is 0.515. The summed E-state index contributed by atoms with van der Waals surface area (Å²) in [5.41, 5.74) is 1.73. The zero-order valence-electron chi connectivity index (χ0n) is 21.4. The van der Waals surface area contributed by atoms with Crippen LogP contribution in [0.1, 0.15) is 46.8 Å². The van der Waals surface area contributed by atoms with Gasteiger partial charge < -0.3 is 15.4 Å². The van der Waals surface area contributed by atoms with E-state index in [0.717, 1.165) is 36.0 Å². The van der Waals surface area contributed by atoms with Crippen molar-refractivity contribution < 1.29 is 19.1 Å². The molecule has 4 atom stereocenters. The van der Waals surface area contributed by atoms with Crippen LogP contribution >= 0.6 is 0 Å². The molecule has 0 saturated carbocycles. The number of anilines is 2. The maximum absolute atomic E-state index is 14.6. The van der Waals surface area contributed by atoms with Gasteiger partial charge in [0.2, 0.25) is 5.91 Å². The van der Waals surface area contributed by atoms with E-state index in [1.165, 1.54) is 0 Å². The number of Topliss-reactive ketones (excluding diaryl/α,β-unsaturated/α-hetero) is 1. The fraction of sp³-hybridized carbons (Fsp3) is 0.323. The van der Waals surface area contributed by atoms with Crippen molar-refractivity contribution in [1.29, 1.82) is 0 Å². The highest BCUT2D eigenvalue weighted by atomic mass is 16.5. The number of rotatable bonds is 4. The molecule has 3 aromatic carbocycles. The molecule has 38 heavy (non-hydrogen) atoms. The largest absolute Gasteiger partial charge is 0.497 e. The first kappa shape index (κ1) is 23.2. The zero-order valence-corrected chi connectivity index (χ0v) is 21.4. The van der Waals surface area contributed by atoms with E-state index in [1.54, 1.807) is 31.4 Å². The number of nitrogens with zero attached hydrogens (tertiary/aromatic N) is 1. The van der Waals surface area contributed by atoms with E-state index in [9.17, 15) is 14.4 Å². The number of ketones is 1. The Morgan fingerprint density at radius 2 is 1.71 bits per heavy atom. The molecule has 7 rings (SSSR count). The highest BCUT2D eigenvalue weighted by molar-refractivity contribution is 6.21. The van der Waals surface area contributed by atoms with E-state index >= 15 is 0 Å². The van der Waals surface area contributed by atoms with E-state index < -0.39 is 16.9 Å². The summed E-state index contributed by atoms with van der Waals surface area (Å²) >= 11 is 0. The number of ether oxygens (including phenoxy) is 1. The second kappa shape index (κ2) is 8.01. The van der Waals surface area contributed by atoms with Gasteiger partial charge in [-0.15, -0.1) is 0 Å². The molecule has 3 aromatic rings. The van der Waals surface area contributed by atoms with Gasteiger partial charge in [0, 0.05) is 28.5 Å². The number of hydrogen-bond acceptors (Lipinski definition) is 5. The number of carbonyl (C=O) groups excluding carboxylic acids is 3. The average Bonchev–Trinajstić information content (AvgIpc) is 3.66. The number of nitrogens with one attached hydrogen (secondary N) is 2. The third kappa shape index (κ3) is 2.59. The summed E-state index contributed by atoms with van der Waals surface area (Å²) in [4.78, 5) is 45.7.